The fourth-order valence-electron chi connectivity index (χ4n) is 1.72. The summed E-state index contributed by atoms with van der Waals surface area (Å²) in [7, 11) is 0. The van der Waals surface area contributed by atoms with Crippen LogP contribution in [0.25, 0.3) is 0 Å². The molecule has 2 rings (SSSR count). The van der Waals surface area contributed by atoms with E-state index in [2.05, 4.69) is 22.7 Å². The minimum atomic E-state index is 0.505. The molecule has 0 amide bonds. The summed E-state index contributed by atoms with van der Waals surface area (Å²) in [6, 6.07) is 2.20. The van der Waals surface area contributed by atoms with Gasteiger partial charge in [-0.15, -0.1) is 0 Å². The number of nitrogens with zero attached hydrogens (tertiary/aromatic N) is 2. The molecule has 0 atom stereocenters. The van der Waals surface area contributed by atoms with Gasteiger partial charge in [0, 0.05) is 6.54 Å². The van der Waals surface area contributed by atoms with Crippen molar-refractivity contribution in [1.82, 2.24) is 4.37 Å². The Labute approximate surface area is 94.3 Å². The first-order valence-corrected chi connectivity index (χ1v) is 6.08. The molecule has 1 heterocycles. The Morgan fingerprint density at radius 3 is 2.87 bits per heavy atom. The molecule has 0 bridgehead atoms. The van der Waals surface area contributed by atoms with Crippen LogP contribution >= 0.6 is 11.5 Å². The van der Waals surface area contributed by atoms with E-state index in [4.69, 9.17) is 5.26 Å². The van der Waals surface area contributed by atoms with E-state index >= 15 is 0 Å². The Bertz CT molecular complexity index is 398. The molecule has 0 spiro atoms. The van der Waals surface area contributed by atoms with Gasteiger partial charge in [0.2, 0.25) is 0 Å². The summed E-state index contributed by atoms with van der Waals surface area (Å²) in [5.41, 5.74) is 2.06. The molecule has 1 aromatic heterocycles. The van der Waals surface area contributed by atoms with Gasteiger partial charge in [0.25, 0.3) is 0 Å². The second-order valence-electron chi connectivity index (χ2n) is 4.29. The molecule has 15 heavy (non-hydrogen) atoms. The van der Waals surface area contributed by atoms with Gasteiger partial charge < -0.3 is 5.32 Å². The van der Waals surface area contributed by atoms with E-state index in [0.717, 1.165) is 17.2 Å². The topological polar surface area (TPSA) is 48.7 Å². The van der Waals surface area contributed by atoms with E-state index in [1.165, 1.54) is 30.8 Å². The summed E-state index contributed by atoms with van der Waals surface area (Å²) in [6.07, 6.45) is 3.85. The summed E-state index contributed by atoms with van der Waals surface area (Å²) >= 11 is 1.40. The van der Waals surface area contributed by atoms with Gasteiger partial charge in [-0.25, -0.2) is 0 Å². The molecule has 0 saturated heterocycles. The molecule has 1 N–H and O–H groups in total. The second-order valence-corrected chi connectivity index (χ2v) is 5.06. The Kier molecular flexibility index (Phi) is 2.66. The largest absolute Gasteiger partial charge is 0.374 e. The number of aromatic nitrogens is 1. The highest BCUT2D eigenvalue weighted by atomic mass is 32.1. The third-order valence-corrected chi connectivity index (χ3v) is 4.20. The van der Waals surface area contributed by atoms with Crippen molar-refractivity contribution in [3.8, 4) is 6.07 Å². The van der Waals surface area contributed by atoms with Crippen LogP contribution in [0.3, 0.4) is 0 Å². The molecule has 1 saturated carbocycles. The van der Waals surface area contributed by atoms with E-state index < -0.39 is 0 Å². The number of aryl methyl sites for hydroxylation is 1. The van der Waals surface area contributed by atoms with E-state index in [1.54, 1.807) is 0 Å². The third-order valence-electron chi connectivity index (χ3n) is 3.31. The Hall–Kier alpha value is -1.08. The Balaban J connectivity index is 2.03. The van der Waals surface area contributed by atoms with Crippen molar-refractivity contribution < 1.29 is 0 Å². The van der Waals surface area contributed by atoms with Crippen molar-refractivity contribution in [2.75, 3.05) is 11.9 Å². The zero-order chi connectivity index (χ0) is 10.9. The summed E-state index contributed by atoms with van der Waals surface area (Å²) in [5.74, 6) is 0. The minimum Gasteiger partial charge on any atom is -0.374 e. The highest BCUT2D eigenvalue weighted by Gasteiger charge is 2.40. The first-order valence-electron chi connectivity index (χ1n) is 5.31. The van der Waals surface area contributed by atoms with Crippen LogP contribution in [-0.2, 0) is 0 Å². The number of hydrogen-bond donors (Lipinski definition) is 1. The molecule has 0 radical (unpaired) electrons. The Morgan fingerprint density at radius 1 is 1.60 bits per heavy atom. The van der Waals surface area contributed by atoms with E-state index in [-0.39, 0.29) is 0 Å². The van der Waals surface area contributed by atoms with Gasteiger partial charge in [-0.2, -0.15) is 9.64 Å². The van der Waals surface area contributed by atoms with Crippen molar-refractivity contribution in [1.29, 1.82) is 5.26 Å². The van der Waals surface area contributed by atoms with Gasteiger partial charge in [-0.05, 0) is 43.1 Å². The Morgan fingerprint density at radius 2 is 2.33 bits per heavy atom. The summed E-state index contributed by atoms with van der Waals surface area (Å²) in [5, 5.41) is 13.3. The summed E-state index contributed by atoms with van der Waals surface area (Å²) < 4.78 is 4.19. The van der Waals surface area contributed by atoms with Crippen LogP contribution < -0.4 is 5.32 Å². The van der Waals surface area contributed by atoms with Crippen LogP contribution in [-0.4, -0.2) is 10.9 Å². The lowest BCUT2D eigenvalue weighted by atomic mass is 10.0. The summed E-state index contributed by atoms with van der Waals surface area (Å²) in [6.45, 7) is 5.10. The molecule has 0 aromatic carbocycles. The average molecular weight is 221 g/mol. The van der Waals surface area contributed by atoms with Crippen LogP contribution in [0.2, 0.25) is 0 Å². The maximum absolute atomic E-state index is 8.97. The van der Waals surface area contributed by atoms with Crippen molar-refractivity contribution >= 4 is 16.5 Å². The average Bonchev–Trinajstić information content (AvgIpc) is 2.95. The fourth-order valence-corrected chi connectivity index (χ4v) is 2.46. The lowest BCUT2D eigenvalue weighted by Crippen LogP contribution is -2.14. The lowest BCUT2D eigenvalue weighted by molar-refractivity contribution is 0.522. The van der Waals surface area contributed by atoms with Crippen LogP contribution in [0.15, 0.2) is 0 Å². The number of anilines is 1. The quantitative estimate of drug-likeness (QED) is 0.850. The molecule has 1 aliphatic rings. The SMILES string of the molecule is CCC1(CNc2snc(C)c2C#N)CC1. The first kappa shape index (κ1) is 10.4. The normalized spacial score (nSPS) is 17.1. The van der Waals surface area contributed by atoms with Crippen molar-refractivity contribution in [3.05, 3.63) is 11.3 Å². The smallest absolute Gasteiger partial charge is 0.127 e. The molecule has 0 unspecified atom stereocenters. The van der Waals surface area contributed by atoms with E-state index in [9.17, 15) is 0 Å². The molecular weight excluding hydrogens is 206 g/mol. The van der Waals surface area contributed by atoms with E-state index in [1.807, 2.05) is 6.92 Å². The number of hydrogen-bond acceptors (Lipinski definition) is 4. The standard InChI is InChI=1S/C11H15N3S/c1-3-11(4-5-11)7-13-10-9(6-12)8(2)14-15-10/h13H,3-5,7H2,1-2H3. The maximum atomic E-state index is 8.97. The van der Waals surface area contributed by atoms with Gasteiger partial charge in [0.15, 0.2) is 0 Å². The molecule has 1 aromatic rings. The zero-order valence-corrected chi connectivity index (χ0v) is 9.95. The first-order chi connectivity index (χ1) is 7.21. The van der Waals surface area contributed by atoms with Crippen molar-refractivity contribution in [3.63, 3.8) is 0 Å². The van der Waals surface area contributed by atoms with Crippen molar-refractivity contribution in [2.24, 2.45) is 5.41 Å². The van der Waals surface area contributed by atoms with Gasteiger partial charge >= 0.3 is 0 Å². The monoisotopic (exact) mass is 221 g/mol. The van der Waals surface area contributed by atoms with Crippen molar-refractivity contribution in [2.45, 2.75) is 33.1 Å². The fraction of sp³-hybridized carbons (Fsp3) is 0.636. The number of nitrogens with one attached hydrogen (secondary N) is 1. The summed E-state index contributed by atoms with van der Waals surface area (Å²) in [4.78, 5) is 0. The van der Waals surface area contributed by atoms with Crippen LogP contribution in [0.4, 0.5) is 5.00 Å². The predicted octanol–water partition coefficient (Wildman–Crippen LogP) is 2.93. The molecule has 3 nitrogen and oxygen atoms in total. The molecule has 1 fully saturated rings. The number of nitriles is 1. The highest BCUT2D eigenvalue weighted by Crippen LogP contribution is 2.48. The van der Waals surface area contributed by atoms with Gasteiger partial charge in [-0.1, -0.05) is 6.92 Å². The molecule has 80 valence electrons. The predicted molar refractivity (Wildman–Crippen MR) is 62.0 cm³/mol. The van der Waals surface area contributed by atoms with Gasteiger partial charge in [0.1, 0.15) is 16.6 Å². The number of rotatable bonds is 4. The second kappa shape index (κ2) is 3.82. The highest BCUT2D eigenvalue weighted by molar-refractivity contribution is 7.10. The zero-order valence-electron chi connectivity index (χ0n) is 9.13. The van der Waals surface area contributed by atoms with Crippen LogP contribution in [0.1, 0.15) is 37.4 Å². The maximum Gasteiger partial charge on any atom is 0.127 e. The molecule has 0 aliphatic heterocycles. The lowest BCUT2D eigenvalue weighted by Gasteiger charge is -2.12. The molecular formula is C11H15N3S. The molecule has 4 heteroatoms. The van der Waals surface area contributed by atoms with E-state index in [0.29, 0.717) is 11.0 Å². The van der Waals surface area contributed by atoms with Gasteiger partial charge in [-0.3, -0.25) is 0 Å². The third kappa shape index (κ3) is 1.98. The minimum absolute atomic E-state index is 0.505. The van der Waals surface area contributed by atoms with Crippen LogP contribution in [0.5, 0.6) is 0 Å². The molecule has 1 aliphatic carbocycles. The van der Waals surface area contributed by atoms with Gasteiger partial charge in [0.05, 0.1) is 5.69 Å². The van der Waals surface area contributed by atoms with Crippen LogP contribution in [0, 0.1) is 23.7 Å².